The van der Waals surface area contributed by atoms with E-state index in [4.69, 9.17) is 9.11 Å². The molecule has 1 aromatic carbocycles. The van der Waals surface area contributed by atoms with Crippen LogP contribution in [0.5, 0.6) is 0 Å². The van der Waals surface area contributed by atoms with Crippen LogP contribution in [0.15, 0.2) is 28.1 Å². The van der Waals surface area contributed by atoms with Crippen molar-refractivity contribution in [1.29, 1.82) is 0 Å². The second kappa shape index (κ2) is 7.30. The van der Waals surface area contributed by atoms with Crippen molar-refractivity contribution >= 4 is 83.0 Å². The van der Waals surface area contributed by atoms with Gasteiger partial charge in [0.05, 0.1) is 16.3 Å². The van der Waals surface area contributed by atoms with Gasteiger partial charge < -0.3 is 0 Å². The SMILES string of the molecule is CC1=Nc2ccc(S(=O)(=O)O)cc2C1(C)CCCS(=O)(=O)O.[KH]. The molecule has 0 amide bonds. The molecule has 10 heteroatoms. The zero-order valence-corrected chi connectivity index (χ0v) is 13.8. The molecule has 0 radical (unpaired) electrons. The molecule has 2 N–H and O–H groups in total. The van der Waals surface area contributed by atoms with E-state index in [1.54, 1.807) is 6.92 Å². The summed E-state index contributed by atoms with van der Waals surface area (Å²) >= 11 is 0. The quantitative estimate of drug-likeness (QED) is 0.580. The Kier molecular flexibility index (Phi) is 6.79. The maximum atomic E-state index is 11.3. The van der Waals surface area contributed by atoms with Gasteiger partial charge in [-0.1, -0.05) is 6.92 Å². The molecule has 0 saturated carbocycles. The number of hydrogen-bond acceptors (Lipinski definition) is 5. The molecule has 1 unspecified atom stereocenters. The Morgan fingerprint density at radius 2 is 1.78 bits per heavy atom. The molecule has 23 heavy (non-hydrogen) atoms. The van der Waals surface area contributed by atoms with Crippen LogP contribution < -0.4 is 0 Å². The summed E-state index contributed by atoms with van der Waals surface area (Å²) in [6.07, 6.45) is 0.585. The van der Waals surface area contributed by atoms with E-state index in [0.29, 0.717) is 17.7 Å². The number of fused-ring (bicyclic) bond motifs is 1. The predicted octanol–water partition coefficient (Wildman–Crippen LogP) is 1.32. The number of hydrogen-bond donors (Lipinski definition) is 2. The molecule has 7 nitrogen and oxygen atoms in total. The van der Waals surface area contributed by atoms with Crippen molar-refractivity contribution in [1.82, 2.24) is 0 Å². The van der Waals surface area contributed by atoms with Gasteiger partial charge in [0.15, 0.2) is 0 Å². The standard InChI is InChI=1S/C13H17NO6S2.K.H/c1-9-13(2,6-3-7-21(15,16)17)11-8-10(22(18,19)20)4-5-12(11)14-9;;/h4-5,8H,3,6-7H2,1-2H3,(H,15,16,17)(H,18,19,20);;. The Balaban J connectivity index is 0.00000264. The van der Waals surface area contributed by atoms with Gasteiger partial charge in [-0.2, -0.15) is 16.8 Å². The van der Waals surface area contributed by atoms with Crippen molar-refractivity contribution in [3.05, 3.63) is 23.8 Å². The van der Waals surface area contributed by atoms with Gasteiger partial charge in [0, 0.05) is 11.1 Å². The van der Waals surface area contributed by atoms with E-state index in [0.717, 1.165) is 5.71 Å². The molecule has 2 rings (SSSR count). The minimum atomic E-state index is -4.32. The molecule has 0 bridgehead atoms. The van der Waals surface area contributed by atoms with Crippen LogP contribution in [0, 0.1) is 0 Å². The molecular weight excluding hydrogens is 369 g/mol. The Hall–Kier alpha value is 0.346. The van der Waals surface area contributed by atoms with Crippen molar-refractivity contribution in [3.8, 4) is 0 Å². The third kappa shape index (κ3) is 4.92. The van der Waals surface area contributed by atoms with Crippen molar-refractivity contribution < 1.29 is 25.9 Å². The fourth-order valence-corrected chi connectivity index (χ4v) is 3.65. The van der Waals surface area contributed by atoms with Crippen LogP contribution >= 0.6 is 0 Å². The average Bonchev–Trinajstić information content (AvgIpc) is 2.59. The molecule has 0 aliphatic carbocycles. The summed E-state index contributed by atoms with van der Waals surface area (Å²) in [5.41, 5.74) is 1.31. The fourth-order valence-electron chi connectivity index (χ4n) is 2.64. The van der Waals surface area contributed by atoms with E-state index in [9.17, 15) is 16.8 Å². The van der Waals surface area contributed by atoms with Crippen LogP contribution in [-0.4, -0.2) is 88.8 Å². The molecule has 1 aliphatic heterocycles. The Morgan fingerprint density at radius 1 is 1.17 bits per heavy atom. The molecule has 0 fully saturated rings. The predicted molar refractivity (Wildman–Crippen MR) is 89.2 cm³/mol. The summed E-state index contributed by atoms with van der Waals surface area (Å²) in [6.45, 7) is 3.61. The van der Waals surface area contributed by atoms with Gasteiger partial charge in [0.25, 0.3) is 20.2 Å². The van der Waals surface area contributed by atoms with Crippen LogP contribution in [-0.2, 0) is 25.7 Å². The Labute approximate surface area is 178 Å². The minimum absolute atomic E-state index is 0. The number of benzene rings is 1. The van der Waals surface area contributed by atoms with Crippen LogP contribution in [0.1, 0.15) is 32.3 Å². The van der Waals surface area contributed by atoms with Gasteiger partial charge in [-0.3, -0.25) is 14.1 Å². The van der Waals surface area contributed by atoms with E-state index in [1.165, 1.54) is 18.2 Å². The fraction of sp³-hybridized carbons (Fsp3) is 0.462. The molecule has 1 aromatic rings. The summed E-state index contributed by atoms with van der Waals surface area (Å²) in [6, 6.07) is 4.14. The topological polar surface area (TPSA) is 121 Å². The summed E-state index contributed by atoms with van der Waals surface area (Å²) in [7, 11) is -8.37. The number of nitrogens with zero attached hydrogens (tertiary/aromatic N) is 1. The number of aliphatic imine (C=N–C) groups is 1. The zero-order chi connectivity index (χ0) is 16.8. The average molecular weight is 388 g/mol. The van der Waals surface area contributed by atoms with Gasteiger partial charge in [0.1, 0.15) is 0 Å². The monoisotopic (exact) mass is 387 g/mol. The van der Waals surface area contributed by atoms with E-state index in [-0.39, 0.29) is 68.5 Å². The van der Waals surface area contributed by atoms with Crippen molar-refractivity contribution in [3.63, 3.8) is 0 Å². The molecule has 0 aromatic heterocycles. The van der Waals surface area contributed by atoms with Crippen LogP contribution in [0.3, 0.4) is 0 Å². The molecular formula is C13H18KNO6S2. The van der Waals surface area contributed by atoms with E-state index >= 15 is 0 Å². The van der Waals surface area contributed by atoms with Gasteiger partial charge in [0.2, 0.25) is 0 Å². The maximum absolute atomic E-state index is 11.3. The third-order valence-corrected chi connectivity index (χ3v) is 5.68. The zero-order valence-electron chi connectivity index (χ0n) is 12.1. The van der Waals surface area contributed by atoms with Crippen LogP contribution in [0.2, 0.25) is 0 Å². The first-order valence-corrected chi connectivity index (χ1v) is 9.61. The van der Waals surface area contributed by atoms with Crippen molar-refractivity contribution in [2.45, 2.75) is 37.0 Å². The summed E-state index contributed by atoms with van der Waals surface area (Å²) in [5.74, 6) is -0.372. The third-order valence-electron chi connectivity index (χ3n) is 4.03. The number of rotatable bonds is 5. The van der Waals surface area contributed by atoms with E-state index in [2.05, 4.69) is 4.99 Å². The first kappa shape index (κ1) is 21.4. The van der Waals surface area contributed by atoms with Crippen molar-refractivity contribution in [2.24, 2.45) is 4.99 Å². The summed E-state index contributed by atoms with van der Waals surface area (Å²) in [5, 5.41) is 0. The molecule has 1 atom stereocenters. The van der Waals surface area contributed by atoms with E-state index < -0.39 is 25.7 Å². The Morgan fingerprint density at radius 3 is 2.30 bits per heavy atom. The first-order chi connectivity index (χ1) is 9.93. The summed E-state index contributed by atoms with van der Waals surface area (Å²) in [4.78, 5) is 4.15. The summed E-state index contributed by atoms with van der Waals surface area (Å²) < 4.78 is 62.2. The normalized spacial score (nSPS) is 20.6. The molecule has 1 heterocycles. The first-order valence-electron chi connectivity index (χ1n) is 6.56. The van der Waals surface area contributed by atoms with Gasteiger partial charge >= 0.3 is 51.4 Å². The molecule has 1 aliphatic rings. The Bertz CT molecular complexity index is 847. The van der Waals surface area contributed by atoms with Gasteiger partial charge in [-0.25, -0.2) is 0 Å². The van der Waals surface area contributed by atoms with Crippen LogP contribution in [0.25, 0.3) is 0 Å². The second-order valence-electron chi connectivity index (χ2n) is 5.57. The second-order valence-corrected chi connectivity index (χ2v) is 8.57. The molecule has 0 spiro atoms. The van der Waals surface area contributed by atoms with Gasteiger partial charge in [-0.05, 0) is 43.5 Å². The van der Waals surface area contributed by atoms with Crippen molar-refractivity contribution in [2.75, 3.05) is 5.75 Å². The van der Waals surface area contributed by atoms with E-state index in [1.807, 2.05) is 6.92 Å². The molecule has 124 valence electrons. The molecule has 0 saturated heterocycles. The van der Waals surface area contributed by atoms with Gasteiger partial charge in [-0.15, -0.1) is 0 Å². The van der Waals surface area contributed by atoms with Crippen LogP contribution in [0.4, 0.5) is 5.69 Å².